The molecule has 0 saturated heterocycles. The molecule has 17 heavy (non-hydrogen) atoms. The molecule has 0 aliphatic rings. The minimum Gasteiger partial charge on any atom is -0.483 e. The third kappa shape index (κ3) is 2.41. The number of hydrogen-bond acceptors (Lipinski definition) is 4. The Morgan fingerprint density at radius 3 is 2.88 bits per heavy atom. The molecule has 6 heteroatoms. The largest absolute Gasteiger partial charge is 0.483 e. The number of aromatic nitrogens is 3. The summed E-state index contributed by atoms with van der Waals surface area (Å²) in [5.41, 5.74) is 7.59. The first kappa shape index (κ1) is 11.9. The molecule has 0 aliphatic heterocycles. The quantitative estimate of drug-likeness (QED) is 0.941. The second-order valence-electron chi connectivity index (χ2n) is 3.65. The highest BCUT2D eigenvalue weighted by Crippen LogP contribution is 2.23. The van der Waals surface area contributed by atoms with Gasteiger partial charge in [-0.25, -0.2) is 4.98 Å². The molecule has 0 aliphatic carbocycles. The number of halogens is 1. The summed E-state index contributed by atoms with van der Waals surface area (Å²) in [5, 5.41) is 4.29. The van der Waals surface area contributed by atoms with Gasteiger partial charge in [0, 0.05) is 13.2 Å². The van der Waals surface area contributed by atoms with Crippen molar-refractivity contribution in [3.05, 3.63) is 34.2 Å². The van der Waals surface area contributed by atoms with Gasteiger partial charge >= 0.3 is 0 Å². The fourth-order valence-electron chi connectivity index (χ4n) is 1.51. The Morgan fingerprint density at radius 2 is 2.29 bits per heavy atom. The highest BCUT2D eigenvalue weighted by molar-refractivity contribution is 9.10. The van der Waals surface area contributed by atoms with Gasteiger partial charge in [-0.05, 0) is 35.0 Å². The fraction of sp³-hybridized carbons (Fsp3) is 0.273. The van der Waals surface area contributed by atoms with E-state index in [1.807, 2.05) is 14.0 Å². The lowest BCUT2D eigenvalue weighted by molar-refractivity contribution is 0.295. The molecule has 0 radical (unpaired) electrons. The SMILES string of the molecule is Cc1nn(C)c(COc2cccnc2N)c1Br. The molecule has 90 valence electrons. The number of pyridine rings is 1. The van der Waals surface area contributed by atoms with Crippen molar-refractivity contribution >= 4 is 21.7 Å². The Kier molecular flexibility index (Phi) is 3.33. The number of rotatable bonds is 3. The molecule has 5 nitrogen and oxygen atoms in total. The van der Waals surface area contributed by atoms with Gasteiger partial charge in [0.1, 0.15) is 6.61 Å². The van der Waals surface area contributed by atoms with Crippen LogP contribution in [-0.2, 0) is 13.7 Å². The van der Waals surface area contributed by atoms with Crippen molar-refractivity contribution in [3.63, 3.8) is 0 Å². The van der Waals surface area contributed by atoms with E-state index in [1.54, 1.807) is 23.0 Å². The highest BCUT2D eigenvalue weighted by atomic mass is 79.9. The maximum Gasteiger partial charge on any atom is 0.166 e. The van der Waals surface area contributed by atoms with E-state index in [1.165, 1.54) is 0 Å². The van der Waals surface area contributed by atoms with Gasteiger partial charge in [0.05, 0.1) is 15.9 Å². The van der Waals surface area contributed by atoms with Gasteiger partial charge in [-0.1, -0.05) is 0 Å². The molecular formula is C11H13BrN4O. The molecule has 0 unspecified atom stereocenters. The van der Waals surface area contributed by atoms with Gasteiger partial charge in [-0.15, -0.1) is 0 Å². The van der Waals surface area contributed by atoms with E-state index in [0.29, 0.717) is 18.2 Å². The zero-order valence-electron chi connectivity index (χ0n) is 9.64. The lowest BCUT2D eigenvalue weighted by Gasteiger charge is -2.08. The van der Waals surface area contributed by atoms with Crippen LogP contribution in [0, 0.1) is 6.92 Å². The van der Waals surface area contributed by atoms with Crippen molar-refractivity contribution in [2.24, 2.45) is 7.05 Å². The van der Waals surface area contributed by atoms with Gasteiger partial charge in [-0.2, -0.15) is 5.10 Å². The van der Waals surface area contributed by atoms with Crippen molar-refractivity contribution in [2.45, 2.75) is 13.5 Å². The molecule has 0 spiro atoms. The Hall–Kier alpha value is -1.56. The highest BCUT2D eigenvalue weighted by Gasteiger charge is 2.11. The van der Waals surface area contributed by atoms with Crippen LogP contribution in [-0.4, -0.2) is 14.8 Å². The second kappa shape index (κ2) is 4.75. The van der Waals surface area contributed by atoms with Crippen molar-refractivity contribution in [1.82, 2.24) is 14.8 Å². The molecule has 2 aromatic rings. The number of aryl methyl sites for hydroxylation is 2. The topological polar surface area (TPSA) is 66.0 Å². The van der Waals surface area contributed by atoms with Gasteiger partial charge < -0.3 is 10.5 Å². The average molecular weight is 297 g/mol. The van der Waals surface area contributed by atoms with Crippen LogP contribution in [0.4, 0.5) is 5.82 Å². The van der Waals surface area contributed by atoms with Gasteiger partial charge in [0.15, 0.2) is 11.6 Å². The molecule has 2 rings (SSSR count). The predicted molar refractivity (Wildman–Crippen MR) is 68.6 cm³/mol. The zero-order chi connectivity index (χ0) is 12.4. The lowest BCUT2D eigenvalue weighted by atomic mass is 10.4. The molecule has 0 bridgehead atoms. The number of anilines is 1. The second-order valence-corrected chi connectivity index (χ2v) is 4.44. The molecule has 2 heterocycles. The number of nitrogen functional groups attached to an aromatic ring is 1. The minimum atomic E-state index is 0.391. The summed E-state index contributed by atoms with van der Waals surface area (Å²) in [6.07, 6.45) is 1.63. The van der Waals surface area contributed by atoms with Crippen LogP contribution in [0.25, 0.3) is 0 Å². The van der Waals surface area contributed by atoms with E-state index in [9.17, 15) is 0 Å². The summed E-state index contributed by atoms with van der Waals surface area (Å²) < 4.78 is 8.36. The number of nitrogens with zero attached hydrogens (tertiary/aromatic N) is 3. The molecule has 0 aromatic carbocycles. The molecule has 2 N–H and O–H groups in total. The summed E-state index contributed by atoms with van der Waals surface area (Å²) >= 11 is 3.48. The summed E-state index contributed by atoms with van der Waals surface area (Å²) in [7, 11) is 1.88. The summed E-state index contributed by atoms with van der Waals surface area (Å²) in [4.78, 5) is 3.96. The van der Waals surface area contributed by atoms with Gasteiger partial charge in [0.25, 0.3) is 0 Å². The lowest BCUT2D eigenvalue weighted by Crippen LogP contribution is -2.05. The minimum absolute atomic E-state index is 0.391. The summed E-state index contributed by atoms with van der Waals surface area (Å²) in [6, 6.07) is 3.58. The van der Waals surface area contributed by atoms with Crippen molar-refractivity contribution in [2.75, 3.05) is 5.73 Å². The third-order valence-electron chi connectivity index (χ3n) is 2.43. The van der Waals surface area contributed by atoms with Crippen LogP contribution in [0.3, 0.4) is 0 Å². The summed E-state index contributed by atoms with van der Waals surface area (Å²) in [5.74, 6) is 0.973. The van der Waals surface area contributed by atoms with Crippen molar-refractivity contribution < 1.29 is 4.74 Å². The van der Waals surface area contributed by atoms with Crippen molar-refractivity contribution in [1.29, 1.82) is 0 Å². The van der Waals surface area contributed by atoms with E-state index >= 15 is 0 Å². The Morgan fingerprint density at radius 1 is 1.53 bits per heavy atom. The van der Waals surface area contributed by atoms with E-state index in [-0.39, 0.29) is 0 Å². The number of ether oxygens (including phenoxy) is 1. The van der Waals surface area contributed by atoms with Gasteiger partial charge in [0.2, 0.25) is 0 Å². The Balaban J connectivity index is 2.15. The van der Waals surface area contributed by atoms with Crippen LogP contribution in [0.5, 0.6) is 5.75 Å². The smallest absolute Gasteiger partial charge is 0.166 e. The van der Waals surface area contributed by atoms with Crippen LogP contribution in [0.15, 0.2) is 22.8 Å². The number of hydrogen-bond donors (Lipinski definition) is 1. The Bertz CT molecular complexity index is 538. The van der Waals surface area contributed by atoms with Crippen LogP contribution in [0.1, 0.15) is 11.4 Å². The molecule has 0 amide bonds. The normalized spacial score (nSPS) is 10.5. The Labute approximate surface area is 108 Å². The molecule has 0 atom stereocenters. The van der Waals surface area contributed by atoms with Crippen LogP contribution in [0.2, 0.25) is 0 Å². The molecular weight excluding hydrogens is 284 g/mol. The van der Waals surface area contributed by atoms with E-state index < -0.39 is 0 Å². The van der Waals surface area contributed by atoms with Crippen LogP contribution >= 0.6 is 15.9 Å². The van der Waals surface area contributed by atoms with E-state index in [0.717, 1.165) is 15.9 Å². The number of nitrogens with two attached hydrogens (primary N) is 1. The van der Waals surface area contributed by atoms with Gasteiger partial charge in [-0.3, -0.25) is 4.68 Å². The average Bonchev–Trinajstić information content (AvgIpc) is 2.53. The molecule has 0 saturated carbocycles. The standard InChI is InChI=1S/C11H13BrN4O/c1-7-10(12)8(16(2)15-7)6-17-9-4-3-5-14-11(9)13/h3-5H,6H2,1-2H3,(H2,13,14). The third-order valence-corrected chi connectivity index (χ3v) is 3.46. The van der Waals surface area contributed by atoms with Crippen LogP contribution < -0.4 is 10.5 Å². The molecule has 2 aromatic heterocycles. The first-order valence-electron chi connectivity index (χ1n) is 5.11. The monoisotopic (exact) mass is 296 g/mol. The first-order chi connectivity index (χ1) is 8.09. The summed E-state index contributed by atoms with van der Waals surface area (Å²) in [6.45, 7) is 2.33. The van der Waals surface area contributed by atoms with Crippen molar-refractivity contribution in [3.8, 4) is 5.75 Å². The fourth-order valence-corrected chi connectivity index (χ4v) is 1.96. The zero-order valence-corrected chi connectivity index (χ0v) is 11.2. The first-order valence-corrected chi connectivity index (χ1v) is 5.90. The predicted octanol–water partition coefficient (Wildman–Crippen LogP) is 2.05. The van der Waals surface area contributed by atoms with E-state index in [4.69, 9.17) is 10.5 Å². The molecule has 0 fully saturated rings. The maximum absolute atomic E-state index is 5.70. The maximum atomic E-state index is 5.70. The van der Waals surface area contributed by atoms with E-state index in [2.05, 4.69) is 26.0 Å².